The summed E-state index contributed by atoms with van der Waals surface area (Å²) >= 11 is 0. The van der Waals surface area contributed by atoms with Gasteiger partial charge in [-0.05, 0) is 42.2 Å². The van der Waals surface area contributed by atoms with Crippen molar-refractivity contribution in [2.75, 3.05) is 37.4 Å². The minimum absolute atomic E-state index is 0.0366. The Morgan fingerprint density at radius 1 is 1.25 bits per heavy atom. The summed E-state index contributed by atoms with van der Waals surface area (Å²) in [5.74, 6) is 10.0. The van der Waals surface area contributed by atoms with Crippen LogP contribution in [-0.2, 0) is 23.1 Å². The van der Waals surface area contributed by atoms with E-state index >= 15 is 4.39 Å². The van der Waals surface area contributed by atoms with Gasteiger partial charge in [0, 0.05) is 30.2 Å². The molecule has 236 valence electrons. The van der Waals surface area contributed by atoms with Crippen LogP contribution in [0.3, 0.4) is 0 Å². The third kappa shape index (κ3) is 6.83. The van der Waals surface area contributed by atoms with Crippen molar-refractivity contribution in [2.24, 2.45) is 5.84 Å². The smallest absolute Gasteiger partial charge is 0.256 e. The highest BCUT2D eigenvalue weighted by Crippen LogP contribution is 2.37. The second-order valence-electron chi connectivity index (χ2n) is 11.1. The number of aliphatic hydroxyl groups is 2. The summed E-state index contributed by atoms with van der Waals surface area (Å²) in [7, 11) is 3.20. The first-order valence-corrected chi connectivity index (χ1v) is 16.4. The molecule has 2 unspecified atom stereocenters. The highest BCUT2D eigenvalue weighted by molar-refractivity contribution is 7.89. The molecule has 17 heteroatoms. The largest absolute Gasteiger partial charge is 0.495 e. The number of nitrogens with zero attached hydrogens (tertiary/aromatic N) is 3. The maximum atomic E-state index is 15.1. The van der Waals surface area contributed by atoms with E-state index in [0.717, 1.165) is 9.80 Å². The normalized spacial score (nSPS) is 20.6. The van der Waals surface area contributed by atoms with Gasteiger partial charge in [-0.25, -0.2) is 17.2 Å². The standard InChI is InChI=1S/C27H35BF2N6O5P2S/c1-41-24-12-25-16(13-36(31)44(25,39)40)10-22(24)32-8-3-4-17-11-18-20(5-2-6-23(18)35(17)15-26(30,42)43)33-21-7-9-34(14-19(21)29)27(28,37)38/h2,5-6,10-12,19,21,32-33,37-38H,7-9,13-15,28,31,42-43H2,1H3/t19-,21+/m0/s1. The molecule has 3 aromatic rings. The molecular weight excluding hydrogens is 631 g/mol. The summed E-state index contributed by atoms with van der Waals surface area (Å²) in [6.45, 7) is 0.326. The maximum Gasteiger partial charge on any atom is 0.256 e. The Hall–Kier alpha value is -2.53. The van der Waals surface area contributed by atoms with E-state index in [1.807, 2.05) is 18.2 Å². The van der Waals surface area contributed by atoms with Gasteiger partial charge in [0.25, 0.3) is 10.0 Å². The molecule has 2 aliphatic heterocycles. The molecule has 0 amide bonds. The molecule has 2 aliphatic rings. The van der Waals surface area contributed by atoms with E-state index in [9.17, 15) is 23.0 Å². The minimum atomic E-state index is -3.76. The maximum absolute atomic E-state index is 15.1. The van der Waals surface area contributed by atoms with Gasteiger partial charge in [0.1, 0.15) is 11.9 Å². The molecule has 1 saturated heterocycles. The number of nitrogens with one attached hydrogen (secondary N) is 2. The monoisotopic (exact) mass is 666 g/mol. The van der Waals surface area contributed by atoms with Gasteiger partial charge in [-0.1, -0.05) is 30.5 Å². The average Bonchev–Trinajstić information content (AvgIpc) is 3.38. The Morgan fingerprint density at radius 2 is 2.00 bits per heavy atom. The number of rotatable bonds is 8. The zero-order chi connectivity index (χ0) is 32.0. The van der Waals surface area contributed by atoms with Crippen molar-refractivity contribution >= 4 is 58.6 Å². The quantitative estimate of drug-likeness (QED) is 0.0780. The molecule has 3 heterocycles. The number of anilines is 2. The van der Waals surface area contributed by atoms with E-state index in [1.54, 1.807) is 16.7 Å². The van der Waals surface area contributed by atoms with Gasteiger partial charge in [-0.15, -0.1) is 4.41 Å². The van der Waals surface area contributed by atoms with Gasteiger partial charge in [0.2, 0.25) is 0 Å². The lowest BCUT2D eigenvalue weighted by Gasteiger charge is -2.40. The molecule has 1 aromatic heterocycles. The van der Waals surface area contributed by atoms with Gasteiger partial charge in [0.15, 0.2) is 18.8 Å². The van der Waals surface area contributed by atoms with Gasteiger partial charge < -0.3 is 30.2 Å². The van der Waals surface area contributed by atoms with Crippen LogP contribution in [0.4, 0.5) is 20.2 Å². The Bertz CT molecular complexity index is 1740. The molecule has 0 aliphatic carbocycles. The minimum Gasteiger partial charge on any atom is -0.495 e. The van der Waals surface area contributed by atoms with Crippen LogP contribution in [0.25, 0.3) is 10.9 Å². The lowest BCUT2D eigenvalue weighted by atomic mass is 9.95. The summed E-state index contributed by atoms with van der Waals surface area (Å²) in [5.41, 5.74) is 2.98. The fourth-order valence-corrected chi connectivity index (χ4v) is 7.15. The number of hydrogen-bond acceptors (Lipinski definition) is 9. The van der Waals surface area contributed by atoms with Crippen LogP contribution in [0.15, 0.2) is 41.3 Å². The number of ether oxygens (including phenoxy) is 1. The molecule has 5 rings (SSSR count). The number of piperidine rings is 1. The summed E-state index contributed by atoms with van der Waals surface area (Å²) in [4.78, 5) is 1.37. The number of sulfonamides is 1. The van der Waals surface area contributed by atoms with Gasteiger partial charge in [-0.2, -0.15) is 0 Å². The molecule has 6 N–H and O–H groups in total. The van der Waals surface area contributed by atoms with Gasteiger partial charge in [0.05, 0.1) is 54.6 Å². The molecule has 44 heavy (non-hydrogen) atoms. The van der Waals surface area contributed by atoms with E-state index < -0.39 is 33.2 Å². The van der Waals surface area contributed by atoms with Crippen LogP contribution in [0, 0.1) is 11.8 Å². The SMILES string of the molecule is BC(O)(O)N1CC[C@@H](Nc2cccc3c2cc(C#CCNc2cc4c(cc2OC)S(=O)(=O)N(N)C4)n3CC(F)(P)P)[C@@H](F)C1. The third-order valence-corrected chi connectivity index (χ3v) is 9.75. The number of nitrogens with two attached hydrogens (primary N) is 1. The highest BCUT2D eigenvalue weighted by Gasteiger charge is 2.37. The van der Waals surface area contributed by atoms with Crippen molar-refractivity contribution in [1.82, 2.24) is 13.9 Å². The Morgan fingerprint density at radius 3 is 2.66 bits per heavy atom. The predicted molar refractivity (Wildman–Crippen MR) is 175 cm³/mol. The first-order chi connectivity index (χ1) is 20.6. The fraction of sp³-hybridized carbons (Fsp3) is 0.407. The van der Waals surface area contributed by atoms with Crippen molar-refractivity contribution in [3.05, 3.63) is 47.7 Å². The van der Waals surface area contributed by atoms with Crippen LogP contribution in [-0.4, -0.2) is 90.3 Å². The Kier molecular flexibility index (Phi) is 9.22. The Labute approximate surface area is 260 Å². The number of aromatic nitrogens is 1. The predicted octanol–water partition coefficient (Wildman–Crippen LogP) is 0.918. The van der Waals surface area contributed by atoms with E-state index in [-0.39, 0.29) is 31.1 Å². The zero-order valence-corrected chi connectivity index (χ0v) is 27.3. The zero-order valence-electron chi connectivity index (χ0n) is 24.2. The third-order valence-electron chi connectivity index (χ3n) is 7.71. The van der Waals surface area contributed by atoms with Gasteiger partial charge >= 0.3 is 0 Å². The molecule has 0 radical (unpaired) electrons. The lowest BCUT2D eigenvalue weighted by Crippen LogP contribution is -2.58. The highest BCUT2D eigenvalue weighted by atomic mass is 32.2. The molecule has 0 spiro atoms. The average molecular weight is 666 g/mol. The van der Waals surface area contributed by atoms with E-state index in [0.29, 0.717) is 46.9 Å². The fourth-order valence-electron chi connectivity index (χ4n) is 5.51. The molecular formula is C27H35BF2N6O5P2S. The molecule has 11 nitrogen and oxygen atoms in total. The Balaban J connectivity index is 1.40. The number of likely N-dealkylation sites (tertiary alicyclic amines) is 1. The van der Waals surface area contributed by atoms with Crippen molar-refractivity contribution < 1.29 is 32.1 Å². The number of alkyl halides is 2. The number of hydrogen-bond donors (Lipinski definition) is 5. The summed E-state index contributed by atoms with van der Waals surface area (Å²) < 4.78 is 62.7. The van der Waals surface area contributed by atoms with Crippen LogP contribution in [0.1, 0.15) is 17.7 Å². The first-order valence-electron chi connectivity index (χ1n) is 13.8. The number of fused-ring (bicyclic) bond motifs is 2. The van der Waals surface area contributed by atoms with Crippen molar-refractivity contribution in [3.8, 4) is 17.6 Å². The topological polar surface area (TPSA) is 145 Å². The first kappa shape index (κ1) is 32.9. The van der Waals surface area contributed by atoms with Gasteiger partial charge in [-0.3, -0.25) is 10.7 Å². The second-order valence-corrected chi connectivity index (χ2v) is 15.6. The van der Waals surface area contributed by atoms with Crippen molar-refractivity contribution in [1.29, 1.82) is 0 Å². The van der Waals surface area contributed by atoms with E-state index in [1.165, 1.54) is 25.9 Å². The van der Waals surface area contributed by atoms with Crippen molar-refractivity contribution in [3.63, 3.8) is 0 Å². The van der Waals surface area contributed by atoms with Crippen LogP contribution >= 0.6 is 18.5 Å². The molecule has 4 atom stereocenters. The molecule has 0 bridgehead atoms. The molecule has 2 aromatic carbocycles. The number of halogens is 2. The van der Waals surface area contributed by atoms with Crippen LogP contribution in [0.2, 0.25) is 0 Å². The number of benzene rings is 2. The lowest BCUT2D eigenvalue weighted by molar-refractivity contribution is -0.207. The van der Waals surface area contributed by atoms with E-state index in [2.05, 4.69) is 41.0 Å². The van der Waals surface area contributed by atoms with Crippen molar-refractivity contribution in [2.45, 2.75) is 47.6 Å². The van der Waals surface area contributed by atoms with Crippen LogP contribution in [0.5, 0.6) is 5.75 Å². The summed E-state index contributed by atoms with van der Waals surface area (Å²) in [6, 6.07) is 9.82. The molecule has 0 saturated carbocycles. The second kappa shape index (κ2) is 12.3. The molecule has 1 fully saturated rings. The van der Waals surface area contributed by atoms with Crippen LogP contribution < -0.4 is 21.2 Å². The van der Waals surface area contributed by atoms with E-state index in [4.69, 9.17) is 10.6 Å². The number of methoxy groups -OCH3 is 1. The number of hydrazine groups is 1. The summed E-state index contributed by atoms with van der Waals surface area (Å²) in [6.07, 6.45) is -1.01. The summed E-state index contributed by atoms with van der Waals surface area (Å²) in [5, 5.41) is 25.2.